The van der Waals surface area contributed by atoms with E-state index in [-0.39, 0.29) is 16.3 Å². The van der Waals surface area contributed by atoms with Crippen LogP contribution in [0.4, 0.5) is 0 Å². The molecule has 23 heavy (non-hydrogen) atoms. The zero-order valence-corrected chi connectivity index (χ0v) is 14.7. The van der Waals surface area contributed by atoms with E-state index in [1.165, 1.54) is 18.2 Å². The number of sulfone groups is 1. The first-order chi connectivity index (χ1) is 10.7. The van der Waals surface area contributed by atoms with Crippen molar-refractivity contribution in [3.8, 4) is 0 Å². The van der Waals surface area contributed by atoms with E-state index in [2.05, 4.69) is 4.72 Å². The summed E-state index contributed by atoms with van der Waals surface area (Å²) >= 11 is 5.87. The van der Waals surface area contributed by atoms with Crippen LogP contribution in [0.1, 0.15) is 5.56 Å². The van der Waals surface area contributed by atoms with Crippen LogP contribution in [0.2, 0.25) is 5.02 Å². The zero-order valence-electron chi connectivity index (χ0n) is 12.4. The van der Waals surface area contributed by atoms with E-state index in [1.807, 2.05) is 6.07 Å². The lowest BCUT2D eigenvalue weighted by atomic mass is 10.2. The second-order valence-electron chi connectivity index (χ2n) is 5.02. The molecule has 2 aromatic rings. The monoisotopic (exact) mass is 373 g/mol. The Morgan fingerprint density at radius 3 is 2.26 bits per heavy atom. The van der Waals surface area contributed by atoms with Crippen LogP contribution >= 0.6 is 11.6 Å². The van der Waals surface area contributed by atoms with Crippen LogP contribution in [0, 0.1) is 0 Å². The zero-order chi connectivity index (χ0) is 17.1. The first kappa shape index (κ1) is 17.9. The molecule has 0 fully saturated rings. The Hall–Kier alpha value is -1.41. The van der Waals surface area contributed by atoms with Crippen LogP contribution in [0.25, 0.3) is 0 Å². The Kier molecular flexibility index (Phi) is 5.46. The van der Waals surface area contributed by atoms with Gasteiger partial charge in [0.25, 0.3) is 0 Å². The number of sulfonamides is 1. The molecule has 8 heteroatoms. The summed E-state index contributed by atoms with van der Waals surface area (Å²) in [5.41, 5.74) is 0.907. The van der Waals surface area contributed by atoms with Crippen molar-refractivity contribution in [3.05, 3.63) is 59.1 Å². The summed E-state index contributed by atoms with van der Waals surface area (Å²) in [5.74, 6) is 0. The number of hydrogen-bond donors (Lipinski definition) is 1. The second kappa shape index (κ2) is 7.00. The standard InChI is InChI=1S/C15H16ClNO4S2/c1-22(18,19)14-6-3-7-15(11-14)23(20,21)17-9-8-12-4-2-5-13(16)10-12/h2-7,10-11,17H,8-9H2,1H3. The van der Waals surface area contributed by atoms with Gasteiger partial charge in [-0.25, -0.2) is 21.6 Å². The fourth-order valence-corrected chi connectivity index (χ4v) is 4.01. The summed E-state index contributed by atoms with van der Waals surface area (Å²) in [7, 11) is -7.23. The van der Waals surface area contributed by atoms with Gasteiger partial charge in [0.15, 0.2) is 9.84 Å². The molecule has 0 heterocycles. The van der Waals surface area contributed by atoms with Crippen molar-refractivity contribution in [1.29, 1.82) is 0 Å². The molecule has 124 valence electrons. The number of nitrogens with one attached hydrogen (secondary N) is 1. The van der Waals surface area contributed by atoms with Gasteiger partial charge in [-0.15, -0.1) is 0 Å². The number of benzene rings is 2. The highest BCUT2D eigenvalue weighted by Gasteiger charge is 2.16. The molecule has 0 spiro atoms. The average molecular weight is 374 g/mol. The van der Waals surface area contributed by atoms with Crippen molar-refractivity contribution in [2.24, 2.45) is 0 Å². The van der Waals surface area contributed by atoms with Crippen molar-refractivity contribution in [1.82, 2.24) is 4.72 Å². The normalized spacial score (nSPS) is 12.3. The van der Waals surface area contributed by atoms with E-state index in [4.69, 9.17) is 11.6 Å². The number of rotatable bonds is 6. The van der Waals surface area contributed by atoms with Gasteiger partial charge in [-0.05, 0) is 42.3 Å². The Bertz CT molecular complexity index is 909. The van der Waals surface area contributed by atoms with E-state index in [0.717, 1.165) is 17.9 Å². The maximum Gasteiger partial charge on any atom is 0.240 e. The topological polar surface area (TPSA) is 80.3 Å². The fourth-order valence-electron chi connectivity index (χ4n) is 1.98. The molecule has 0 unspecified atom stereocenters. The molecule has 0 aliphatic rings. The van der Waals surface area contributed by atoms with E-state index < -0.39 is 19.9 Å². The Balaban J connectivity index is 2.10. The molecular weight excluding hydrogens is 358 g/mol. The van der Waals surface area contributed by atoms with E-state index in [1.54, 1.807) is 18.2 Å². The maximum atomic E-state index is 12.2. The minimum atomic E-state index is -3.77. The van der Waals surface area contributed by atoms with E-state index in [0.29, 0.717) is 11.4 Å². The maximum absolute atomic E-state index is 12.2. The molecule has 2 rings (SSSR count). The molecule has 1 N–H and O–H groups in total. The lowest BCUT2D eigenvalue weighted by Gasteiger charge is -2.08. The van der Waals surface area contributed by atoms with E-state index in [9.17, 15) is 16.8 Å². The van der Waals surface area contributed by atoms with Crippen molar-refractivity contribution < 1.29 is 16.8 Å². The summed E-state index contributed by atoms with van der Waals surface area (Å²) in [4.78, 5) is -0.110. The first-order valence-electron chi connectivity index (χ1n) is 6.73. The SMILES string of the molecule is CS(=O)(=O)c1cccc(S(=O)(=O)NCCc2cccc(Cl)c2)c1. The van der Waals surface area contributed by atoms with Crippen molar-refractivity contribution in [2.45, 2.75) is 16.2 Å². The summed E-state index contributed by atoms with van der Waals surface area (Å²) < 4.78 is 50.0. The fraction of sp³-hybridized carbons (Fsp3) is 0.200. The van der Waals surface area contributed by atoms with Gasteiger partial charge in [0.1, 0.15) is 0 Å². The molecular formula is C15H16ClNO4S2. The average Bonchev–Trinajstić information content (AvgIpc) is 2.46. The van der Waals surface area contributed by atoms with Gasteiger partial charge in [0, 0.05) is 17.8 Å². The largest absolute Gasteiger partial charge is 0.240 e. The van der Waals surface area contributed by atoms with Gasteiger partial charge in [-0.2, -0.15) is 0 Å². The third-order valence-corrected chi connectivity index (χ3v) is 5.94. The molecule has 0 aliphatic carbocycles. The third kappa shape index (κ3) is 5.04. The molecule has 0 saturated heterocycles. The Morgan fingerprint density at radius 1 is 0.957 bits per heavy atom. The smallest absolute Gasteiger partial charge is 0.224 e. The summed E-state index contributed by atoms with van der Waals surface area (Å²) in [5, 5.41) is 0.589. The molecule has 5 nitrogen and oxygen atoms in total. The Labute approximate surface area is 141 Å². The summed E-state index contributed by atoms with van der Waals surface area (Å²) in [6.07, 6.45) is 1.51. The second-order valence-corrected chi connectivity index (χ2v) is 9.24. The molecule has 0 amide bonds. The van der Waals surface area contributed by atoms with Gasteiger partial charge in [0.05, 0.1) is 9.79 Å². The van der Waals surface area contributed by atoms with Gasteiger partial charge in [0.2, 0.25) is 10.0 Å². The minimum Gasteiger partial charge on any atom is -0.224 e. The molecule has 0 aliphatic heterocycles. The molecule has 0 saturated carbocycles. The highest BCUT2D eigenvalue weighted by Crippen LogP contribution is 2.16. The van der Waals surface area contributed by atoms with Crippen LogP contribution in [0.15, 0.2) is 58.3 Å². The van der Waals surface area contributed by atoms with Crippen molar-refractivity contribution >= 4 is 31.5 Å². The highest BCUT2D eigenvalue weighted by molar-refractivity contribution is 7.91. The molecule has 2 aromatic carbocycles. The molecule has 0 aromatic heterocycles. The highest BCUT2D eigenvalue weighted by atomic mass is 35.5. The lowest BCUT2D eigenvalue weighted by Crippen LogP contribution is -2.26. The molecule has 0 bridgehead atoms. The van der Waals surface area contributed by atoms with Crippen LogP contribution in [0.3, 0.4) is 0 Å². The van der Waals surface area contributed by atoms with Gasteiger partial charge in [-0.1, -0.05) is 29.8 Å². The van der Waals surface area contributed by atoms with Crippen molar-refractivity contribution in [2.75, 3.05) is 12.8 Å². The lowest BCUT2D eigenvalue weighted by molar-refractivity contribution is 0.581. The van der Waals surface area contributed by atoms with Crippen molar-refractivity contribution in [3.63, 3.8) is 0 Å². The van der Waals surface area contributed by atoms with E-state index >= 15 is 0 Å². The molecule has 0 radical (unpaired) electrons. The first-order valence-corrected chi connectivity index (χ1v) is 10.5. The predicted molar refractivity (Wildman–Crippen MR) is 89.9 cm³/mol. The summed E-state index contributed by atoms with van der Waals surface area (Å²) in [6.45, 7) is 0.186. The third-order valence-electron chi connectivity index (χ3n) is 3.14. The van der Waals surface area contributed by atoms with Gasteiger partial charge >= 0.3 is 0 Å². The van der Waals surface area contributed by atoms with Crippen LogP contribution in [-0.2, 0) is 26.3 Å². The van der Waals surface area contributed by atoms with Gasteiger partial charge < -0.3 is 0 Å². The Morgan fingerprint density at radius 2 is 1.61 bits per heavy atom. The number of halogens is 1. The minimum absolute atomic E-state index is 0.0322. The van der Waals surface area contributed by atoms with Crippen LogP contribution in [0.5, 0.6) is 0 Å². The molecule has 0 atom stereocenters. The van der Waals surface area contributed by atoms with Crippen LogP contribution < -0.4 is 4.72 Å². The van der Waals surface area contributed by atoms with Crippen LogP contribution in [-0.4, -0.2) is 29.6 Å². The summed E-state index contributed by atoms with van der Waals surface area (Å²) in [6, 6.07) is 12.4. The van der Waals surface area contributed by atoms with Gasteiger partial charge in [-0.3, -0.25) is 0 Å². The quantitative estimate of drug-likeness (QED) is 0.842. The predicted octanol–water partition coefficient (Wildman–Crippen LogP) is 2.26. The number of hydrogen-bond acceptors (Lipinski definition) is 4.